The molecule has 0 aromatic heterocycles. The Balaban J connectivity index is 1.83. The summed E-state index contributed by atoms with van der Waals surface area (Å²) in [6.07, 6.45) is -0.252. The number of amides is 1. The largest absolute Gasteiger partial charge is 0.480 e. The maximum absolute atomic E-state index is 12.7. The Kier molecular flexibility index (Phi) is 5.35. The van der Waals surface area contributed by atoms with Gasteiger partial charge >= 0.3 is 0 Å². The van der Waals surface area contributed by atoms with Crippen molar-refractivity contribution in [3.05, 3.63) is 76.3 Å². The van der Waals surface area contributed by atoms with E-state index in [1.807, 2.05) is 49.4 Å². The van der Waals surface area contributed by atoms with E-state index in [0.29, 0.717) is 23.4 Å². The van der Waals surface area contributed by atoms with Crippen molar-refractivity contribution in [1.29, 1.82) is 0 Å². The highest BCUT2D eigenvalue weighted by molar-refractivity contribution is 5.96. The number of nitro groups is 1. The van der Waals surface area contributed by atoms with E-state index in [2.05, 4.69) is 5.32 Å². The highest BCUT2D eigenvalue weighted by Gasteiger charge is 2.22. The first-order chi connectivity index (χ1) is 13.0. The van der Waals surface area contributed by atoms with Gasteiger partial charge in [-0.3, -0.25) is 14.9 Å². The molecular weight excluding hydrogens is 344 g/mol. The van der Waals surface area contributed by atoms with Gasteiger partial charge in [-0.1, -0.05) is 49.4 Å². The molecule has 0 aliphatic carbocycles. The molecule has 0 aliphatic heterocycles. The first-order valence-electron chi connectivity index (χ1n) is 8.70. The highest BCUT2D eigenvalue weighted by atomic mass is 16.6. The molecular formula is C21H20N2O4. The topological polar surface area (TPSA) is 81.5 Å². The molecule has 6 nitrogen and oxygen atoms in total. The number of carbonyl (C=O) groups is 1. The van der Waals surface area contributed by atoms with Crippen LogP contribution in [0.5, 0.6) is 5.75 Å². The summed E-state index contributed by atoms with van der Waals surface area (Å²) in [5.41, 5.74) is 0.792. The normalized spacial score (nSPS) is 11.8. The van der Waals surface area contributed by atoms with Crippen LogP contribution in [0.1, 0.15) is 18.9 Å². The number of rotatable bonds is 6. The number of fused-ring (bicyclic) bond motifs is 1. The van der Waals surface area contributed by atoms with E-state index >= 15 is 0 Å². The molecule has 0 saturated carbocycles. The van der Waals surface area contributed by atoms with Crippen molar-refractivity contribution in [1.82, 2.24) is 0 Å². The number of ether oxygens (including phenoxy) is 1. The van der Waals surface area contributed by atoms with E-state index in [-0.39, 0.29) is 11.6 Å². The molecule has 0 bridgehead atoms. The van der Waals surface area contributed by atoms with Crippen LogP contribution in [0.15, 0.2) is 60.7 Å². The van der Waals surface area contributed by atoms with Crippen LogP contribution in [0.3, 0.4) is 0 Å². The van der Waals surface area contributed by atoms with E-state index in [9.17, 15) is 14.9 Å². The van der Waals surface area contributed by atoms with Gasteiger partial charge in [0.15, 0.2) is 6.10 Å². The van der Waals surface area contributed by atoms with Gasteiger partial charge in [0.05, 0.1) is 16.2 Å². The minimum atomic E-state index is -0.713. The van der Waals surface area contributed by atoms with Crippen molar-refractivity contribution >= 4 is 28.1 Å². The second kappa shape index (κ2) is 7.86. The number of anilines is 1. The summed E-state index contributed by atoms with van der Waals surface area (Å²) >= 11 is 0. The van der Waals surface area contributed by atoms with Gasteiger partial charge in [-0.25, -0.2) is 0 Å². The average Bonchev–Trinajstić information content (AvgIpc) is 2.67. The Bertz CT molecular complexity index is 995. The van der Waals surface area contributed by atoms with Crippen LogP contribution in [-0.4, -0.2) is 16.9 Å². The molecule has 6 heteroatoms. The average molecular weight is 364 g/mol. The Morgan fingerprint density at radius 2 is 1.81 bits per heavy atom. The van der Waals surface area contributed by atoms with Gasteiger partial charge in [0.25, 0.3) is 11.6 Å². The van der Waals surface area contributed by atoms with E-state index in [4.69, 9.17) is 4.74 Å². The molecule has 1 N–H and O–H groups in total. The molecule has 3 aromatic carbocycles. The zero-order valence-corrected chi connectivity index (χ0v) is 15.1. The molecule has 0 radical (unpaired) electrons. The van der Waals surface area contributed by atoms with Crippen LogP contribution in [0.4, 0.5) is 11.4 Å². The SMILES string of the molecule is CC[C@@H](Oc1cccc2ccccc12)C(=O)Nc1cccc([N+](=O)[O-])c1C. The number of nitro benzene ring substituents is 1. The molecule has 0 unspecified atom stereocenters. The van der Waals surface area contributed by atoms with Crippen molar-refractivity contribution in [3.63, 3.8) is 0 Å². The second-order valence-electron chi connectivity index (χ2n) is 6.19. The summed E-state index contributed by atoms with van der Waals surface area (Å²) < 4.78 is 5.98. The summed E-state index contributed by atoms with van der Waals surface area (Å²) in [6.45, 7) is 3.47. The fourth-order valence-electron chi connectivity index (χ4n) is 2.94. The molecule has 1 amide bonds. The minimum Gasteiger partial charge on any atom is -0.480 e. The predicted octanol–water partition coefficient (Wildman–Crippen LogP) is 4.85. The standard InChI is InChI=1S/C21H20N2O4/c1-3-19(27-20-13-6-9-15-8-4-5-10-16(15)20)21(24)22-17-11-7-12-18(14(17)2)23(25)26/h4-13,19H,3H2,1-2H3,(H,22,24)/t19-/m1/s1. The van der Waals surface area contributed by atoms with Gasteiger partial charge in [0.2, 0.25) is 0 Å². The molecule has 3 aromatic rings. The van der Waals surface area contributed by atoms with Gasteiger partial charge in [0, 0.05) is 11.5 Å². The van der Waals surface area contributed by atoms with Crippen LogP contribution >= 0.6 is 0 Å². The third kappa shape index (κ3) is 3.89. The molecule has 1 atom stereocenters. The van der Waals surface area contributed by atoms with Crippen LogP contribution in [0, 0.1) is 17.0 Å². The number of nitrogens with zero attached hydrogens (tertiary/aromatic N) is 1. The fraction of sp³-hybridized carbons (Fsp3) is 0.190. The van der Waals surface area contributed by atoms with Crippen molar-refractivity contribution in [2.75, 3.05) is 5.32 Å². The molecule has 3 rings (SSSR count). The highest BCUT2D eigenvalue weighted by Crippen LogP contribution is 2.28. The van der Waals surface area contributed by atoms with Crippen molar-refractivity contribution < 1.29 is 14.5 Å². The summed E-state index contributed by atoms with van der Waals surface area (Å²) in [6, 6.07) is 18.1. The lowest BCUT2D eigenvalue weighted by Crippen LogP contribution is -2.32. The number of benzene rings is 3. The van der Waals surface area contributed by atoms with Gasteiger partial charge in [0.1, 0.15) is 5.75 Å². The quantitative estimate of drug-likeness (QED) is 0.500. The number of hydrogen-bond acceptors (Lipinski definition) is 4. The molecule has 0 saturated heterocycles. The molecule has 138 valence electrons. The Labute approximate surface area is 156 Å². The molecule has 27 heavy (non-hydrogen) atoms. The fourth-order valence-corrected chi connectivity index (χ4v) is 2.94. The van der Waals surface area contributed by atoms with Crippen LogP contribution in [0.2, 0.25) is 0 Å². The van der Waals surface area contributed by atoms with Gasteiger partial charge < -0.3 is 10.1 Å². The van der Waals surface area contributed by atoms with Crippen molar-refractivity contribution in [2.45, 2.75) is 26.4 Å². The van der Waals surface area contributed by atoms with E-state index in [1.54, 1.807) is 19.1 Å². The molecule has 0 fully saturated rings. The van der Waals surface area contributed by atoms with Crippen molar-refractivity contribution in [2.24, 2.45) is 0 Å². The van der Waals surface area contributed by atoms with Crippen LogP contribution < -0.4 is 10.1 Å². The summed E-state index contributed by atoms with van der Waals surface area (Å²) in [5, 5.41) is 15.8. The number of nitrogens with one attached hydrogen (secondary N) is 1. The zero-order valence-electron chi connectivity index (χ0n) is 15.1. The second-order valence-corrected chi connectivity index (χ2v) is 6.19. The first kappa shape index (κ1) is 18.4. The smallest absolute Gasteiger partial charge is 0.274 e. The Morgan fingerprint density at radius 3 is 2.56 bits per heavy atom. The van der Waals surface area contributed by atoms with E-state index < -0.39 is 11.0 Å². The number of hydrogen-bond donors (Lipinski definition) is 1. The maximum Gasteiger partial charge on any atom is 0.274 e. The Morgan fingerprint density at radius 1 is 1.11 bits per heavy atom. The van der Waals surface area contributed by atoms with E-state index in [0.717, 1.165) is 10.8 Å². The Hall–Kier alpha value is -3.41. The predicted molar refractivity (Wildman–Crippen MR) is 105 cm³/mol. The lowest BCUT2D eigenvalue weighted by Gasteiger charge is -2.19. The maximum atomic E-state index is 12.7. The third-order valence-electron chi connectivity index (χ3n) is 4.44. The minimum absolute atomic E-state index is 0.0316. The summed E-state index contributed by atoms with van der Waals surface area (Å²) in [5.74, 6) is 0.292. The van der Waals surface area contributed by atoms with Gasteiger partial charge in [-0.15, -0.1) is 0 Å². The lowest BCUT2D eigenvalue weighted by molar-refractivity contribution is -0.385. The number of carbonyl (C=O) groups excluding carboxylic acids is 1. The van der Waals surface area contributed by atoms with Crippen LogP contribution in [0.25, 0.3) is 10.8 Å². The lowest BCUT2D eigenvalue weighted by atomic mass is 10.1. The monoisotopic (exact) mass is 364 g/mol. The van der Waals surface area contributed by atoms with Gasteiger partial charge in [-0.2, -0.15) is 0 Å². The third-order valence-corrected chi connectivity index (χ3v) is 4.44. The first-order valence-corrected chi connectivity index (χ1v) is 8.70. The summed E-state index contributed by atoms with van der Waals surface area (Å²) in [7, 11) is 0. The molecule has 0 heterocycles. The molecule has 0 spiro atoms. The zero-order chi connectivity index (χ0) is 19.4. The van der Waals surface area contributed by atoms with Crippen molar-refractivity contribution in [3.8, 4) is 5.75 Å². The summed E-state index contributed by atoms with van der Waals surface area (Å²) in [4.78, 5) is 23.3. The molecule has 0 aliphatic rings. The van der Waals surface area contributed by atoms with Gasteiger partial charge in [-0.05, 0) is 30.9 Å². The van der Waals surface area contributed by atoms with E-state index in [1.165, 1.54) is 6.07 Å². The van der Waals surface area contributed by atoms with Crippen LogP contribution in [-0.2, 0) is 4.79 Å².